The molecule has 0 atom stereocenters. The Morgan fingerprint density at radius 1 is 1.10 bits per heavy atom. The quantitative estimate of drug-likeness (QED) is 0.598. The number of carbonyl (C=O) groups excluding carboxylic acids is 2. The van der Waals surface area contributed by atoms with Gasteiger partial charge in [0.1, 0.15) is 12.4 Å². The largest absolute Gasteiger partial charge is 0.459 e. The topological polar surface area (TPSA) is 119 Å². The van der Waals surface area contributed by atoms with Gasteiger partial charge in [-0.2, -0.15) is 4.98 Å². The molecule has 8 nitrogen and oxygen atoms in total. The van der Waals surface area contributed by atoms with Crippen molar-refractivity contribution in [3.63, 3.8) is 0 Å². The number of nitrogens with zero attached hydrogens (tertiary/aromatic N) is 2. The van der Waals surface area contributed by atoms with Crippen LogP contribution in [0.3, 0.4) is 0 Å². The Labute approximate surface area is 183 Å². The molecule has 3 rings (SSSR count). The van der Waals surface area contributed by atoms with Crippen molar-refractivity contribution in [3.8, 4) is 6.01 Å². The number of anilines is 1. The molecule has 4 N–H and O–H groups in total. The smallest absolute Gasteiger partial charge is 0.318 e. The second kappa shape index (κ2) is 10.7. The van der Waals surface area contributed by atoms with Crippen molar-refractivity contribution < 1.29 is 14.3 Å². The summed E-state index contributed by atoms with van der Waals surface area (Å²) in [6.45, 7) is 4.61. The van der Waals surface area contributed by atoms with Crippen molar-refractivity contribution in [3.05, 3.63) is 47.7 Å². The Bertz CT molecular complexity index is 877. The first-order chi connectivity index (χ1) is 14.9. The Morgan fingerprint density at radius 2 is 1.77 bits per heavy atom. The number of ether oxygens (including phenoxy) is 1. The average molecular weight is 426 g/mol. The molecule has 1 heterocycles. The van der Waals surface area contributed by atoms with Crippen LogP contribution in [-0.2, 0) is 22.7 Å². The minimum atomic E-state index is -0.00978. The van der Waals surface area contributed by atoms with Crippen LogP contribution in [0.15, 0.2) is 36.5 Å². The first-order valence-electron chi connectivity index (χ1n) is 10.8. The van der Waals surface area contributed by atoms with Crippen LogP contribution in [-0.4, -0.2) is 27.8 Å². The minimum Gasteiger partial charge on any atom is -0.459 e. The molecule has 2 amide bonds. The highest BCUT2D eigenvalue weighted by molar-refractivity contribution is 5.79. The summed E-state index contributed by atoms with van der Waals surface area (Å²) in [6.07, 6.45) is 4.86. The summed E-state index contributed by atoms with van der Waals surface area (Å²) in [5.74, 6) is 0.537. The first kappa shape index (κ1) is 22.5. The summed E-state index contributed by atoms with van der Waals surface area (Å²) in [5.41, 5.74) is 7.61. The summed E-state index contributed by atoms with van der Waals surface area (Å²) in [5, 5.41) is 6.10. The maximum Gasteiger partial charge on any atom is 0.318 e. The van der Waals surface area contributed by atoms with Gasteiger partial charge in [0.25, 0.3) is 0 Å². The number of carbonyl (C=O) groups is 2. The molecule has 31 heavy (non-hydrogen) atoms. The minimum absolute atomic E-state index is 0.00978. The van der Waals surface area contributed by atoms with Crippen molar-refractivity contribution >= 4 is 17.6 Å². The van der Waals surface area contributed by atoms with Crippen LogP contribution in [0.5, 0.6) is 6.01 Å². The SMILES string of the molecule is CC(C)C(=O)NC1CCC(C(=O)NCc2ccc(COc3nccc(N)n3)cc2)CC1. The summed E-state index contributed by atoms with van der Waals surface area (Å²) >= 11 is 0. The molecule has 8 heteroatoms. The Hall–Kier alpha value is -3.16. The fraction of sp³-hybridized carbons (Fsp3) is 0.478. The van der Waals surface area contributed by atoms with E-state index in [-0.39, 0.29) is 35.7 Å². The zero-order chi connectivity index (χ0) is 22.2. The van der Waals surface area contributed by atoms with Gasteiger partial charge < -0.3 is 21.1 Å². The molecule has 1 fully saturated rings. The van der Waals surface area contributed by atoms with Gasteiger partial charge in [-0.1, -0.05) is 38.1 Å². The summed E-state index contributed by atoms with van der Waals surface area (Å²) in [6, 6.07) is 9.88. The third-order valence-electron chi connectivity index (χ3n) is 5.48. The molecule has 1 saturated carbocycles. The van der Waals surface area contributed by atoms with Gasteiger partial charge in [0.2, 0.25) is 11.8 Å². The molecule has 0 bridgehead atoms. The molecular weight excluding hydrogens is 394 g/mol. The van der Waals surface area contributed by atoms with E-state index in [9.17, 15) is 9.59 Å². The van der Waals surface area contributed by atoms with E-state index in [4.69, 9.17) is 10.5 Å². The Morgan fingerprint density at radius 3 is 2.42 bits per heavy atom. The monoisotopic (exact) mass is 425 g/mol. The maximum atomic E-state index is 12.5. The highest BCUT2D eigenvalue weighted by Crippen LogP contribution is 2.25. The van der Waals surface area contributed by atoms with Crippen molar-refractivity contribution in [2.45, 2.75) is 58.7 Å². The summed E-state index contributed by atoms with van der Waals surface area (Å²) in [4.78, 5) is 32.4. The van der Waals surface area contributed by atoms with Crippen molar-refractivity contribution in [2.75, 3.05) is 5.73 Å². The van der Waals surface area contributed by atoms with E-state index in [1.807, 2.05) is 38.1 Å². The molecule has 1 aromatic carbocycles. The predicted molar refractivity (Wildman–Crippen MR) is 118 cm³/mol. The lowest BCUT2D eigenvalue weighted by Gasteiger charge is -2.29. The number of aromatic nitrogens is 2. The average Bonchev–Trinajstić information content (AvgIpc) is 2.77. The fourth-order valence-electron chi connectivity index (χ4n) is 3.53. The summed E-state index contributed by atoms with van der Waals surface area (Å²) in [7, 11) is 0. The van der Waals surface area contributed by atoms with Crippen molar-refractivity contribution in [2.24, 2.45) is 11.8 Å². The van der Waals surface area contributed by atoms with E-state index in [2.05, 4.69) is 20.6 Å². The standard InChI is InChI=1S/C23H31N5O3/c1-15(2)21(29)27-19-9-7-18(8-10-19)22(30)26-13-16-3-5-17(6-4-16)14-31-23-25-12-11-20(24)28-23/h3-6,11-12,15,18-19H,7-10,13-14H2,1-2H3,(H,26,30)(H,27,29)(H2,24,25,28). The van der Waals surface area contributed by atoms with Crippen molar-refractivity contribution in [1.29, 1.82) is 0 Å². The molecule has 1 aliphatic carbocycles. The molecule has 1 aromatic heterocycles. The number of nitrogens with two attached hydrogens (primary N) is 1. The van der Waals surface area contributed by atoms with E-state index in [1.165, 1.54) is 0 Å². The Balaban J connectivity index is 1.39. The second-order valence-corrected chi connectivity index (χ2v) is 8.30. The number of amides is 2. The van der Waals surface area contributed by atoms with E-state index in [0.29, 0.717) is 19.0 Å². The zero-order valence-corrected chi connectivity index (χ0v) is 18.1. The van der Waals surface area contributed by atoms with Gasteiger partial charge in [-0.25, -0.2) is 4.98 Å². The zero-order valence-electron chi connectivity index (χ0n) is 18.1. The molecule has 0 aliphatic heterocycles. The number of nitrogen functional groups attached to an aromatic ring is 1. The molecular formula is C23H31N5O3. The normalized spacial score (nSPS) is 18.4. The van der Waals surface area contributed by atoms with Crippen LogP contribution < -0.4 is 21.1 Å². The van der Waals surface area contributed by atoms with Gasteiger partial charge >= 0.3 is 6.01 Å². The lowest BCUT2D eigenvalue weighted by atomic mass is 9.85. The van der Waals surface area contributed by atoms with Gasteiger partial charge in [0, 0.05) is 30.6 Å². The molecule has 0 radical (unpaired) electrons. The lowest BCUT2D eigenvalue weighted by molar-refractivity contribution is -0.126. The molecule has 2 aromatic rings. The van der Waals surface area contributed by atoms with Crippen molar-refractivity contribution in [1.82, 2.24) is 20.6 Å². The van der Waals surface area contributed by atoms with E-state index < -0.39 is 0 Å². The predicted octanol–water partition coefficient (Wildman–Crippen LogP) is 2.58. The lowest BCUT2D eigenvalue weighted by Crippen LogP contribution is -2.42. The second-order valence-electron chi connectivity index (χ2n) is 8.30. The van der Waals surface area contributed by atoms with E-state index >= 15 is 0 Å². The highest BCUT2D eigenvalue weighted by atomic mass is 16.5. The van der Waals surface area contributed by atoms with Gasteiger partial charge in [-0.15, -0.1) is 0 Å². The molecule has 1 aliphatic rings. The number of benzene rings is 1. The first-order valence-corrected chi connectivity index (χ1v) is 10.8. The molecule has 166 valence electrons. The Kier molecular flexibility index (Phi) is 7.81. The van der Waals surface area contributed by atoms with Gasteiger partial charge in [0.15, 0.2) is 0 Å². The van der Waals surface area contributed by atoms with E-state index in [0.717, 1.165) is 36.8 Å². The van der Waals surface area contributed by atoms with Crippen LogP contribution in [0.1, 0.15) is 50.7 Å². The highest BCUT2D eigenvalue weighted by Gasteiger charge is 2.27. The third kappa shape index (κ3) is 6.94. The van der Waals surface area contributed by atoms with Crippen LogP contribution in [0.2, 0.25) is 0 Å². The van der Waals surface area contributed by atoms with Gasteiger partial charge in [0.05, 0.1) is 0 Å². The summed E-state index contributed by atoms with van der Waals surface area (Å²) < 4.78 is 5.54. The van der Waals surface area contributed by atoms with Crippen LogP contribution in [0.25, 0.3) is 0 Å². The van der Waals surface area contributed by atoms with Crippen LogP contribution in [0, 0.1) is 11.8 Å². The maximum absolute atomic E-state index is 12.5. The van der Waals surface area contributed by atoms with Gasteiger partial charge in [-0.05, 0) is 42.9 Å². The molecule has 0 unspecified atom stereocenters. The number of rotatable bonds is 8. The molecule has 0 saturated heterocycles. The number of nitrogens with one attached hydrogen (secondary N) is 2. The van der Waals surface area contributed by atoms with Crippen LogP contribution in [0.4, 0.5) is 5.82 Å². The van der Waals surface area contributed by atoms with E-state index in [1.54, 1.807) is 12.3 Å². The fourth-order valence-corrected chi connectivity index (χ4v) is 3.53. The molecule has 0 spiro atoms. The third-order valence-corrected chi connectivity index (χ3v) is 5.48. The number of hydrogen-bond acceptors (Lipinski definition) is 6. The van der Waals surface area contributed by atoms with Gasteiger partial charge in [-0.3, -0.25) is 9.59 Å². The van der Waals surface area contributed by atoms with Crippen LogP contribution >= 0.6 is 0 Å². The number of hydrogen-bond donors (Lipinski definition) is 3.